The van der Waals surface area contributed by atoms with Gasteiger partial charge >= 0.3 is 0 Å². The Kier molecular flexibility index (Phi) is 4.17. The maximum absolute atomic E-state index is 11.6. The number of nitrogens with zero attached hydrogens (tertiary/aromatic N) is 1. The minimum absolute atomic E-state index is 0.0904. The molecule has 0 fully saturated rings. The van der Waals surface area contributed by atoms with Crippen molar-refractivity contribution in [1.29, 1.82) is 0 Å². The van der Waals surface area contributed by atoms with E-state index in [0.717, 1.165) is 0 Å². The summed E-state index contributed by atoms with van der Waals surface area (Å²) in [5.41, 5.74) is 1.20. The van der Waals surface area contributed by atoms with Crippen molar-refractivity contribution in [3.8, 4) is 0 Å². The fourth-order valence-corrected chi connectivity index (χ4v) is 1.99. The summed E-state index contributed by atoms with van der Waals surface area (Å²) in [5.74, 6) is 0.0904. The topological polar surface area (TPSA) is 32.3 Å². The summed E-state index contributed by atoms with van der Waals surface area (Å²) >= 11 is 0. The molecular weight excluding hydrogens is 236 g/mol. The molecule has 1 N–H and O–H groups in total. The molecule has 0 bridgehead atoms. The molecule has 19 heavy (non-hydrogen) atoms. The molecule has 0 radical (unpaired) electrons. The predicted octanol–water partition coefficient (Wildman–Crippen LogP) is 2.58. The maximum Gasteiger partial charge on any atom is 0.236 e. The summed E-state index contributed by atoms with van der Waals surface area (Å²) in [7, 11) is 3.54. The molecule has 0 heterocycles. The first-order valence-corrected chi connectivity index (χ1v) is 6.50. The first-order valence-electron chi connectivity index (χ1n) is 6.50. The number of nitrogens with one attached hydrogen (secondary N) is 1. The smallest absolute Gasteiger partial charge is 0.236 e. The molecule has 3 heteroatoms. The first kappa shape index (κ1) is 13.6. The quantitative estimate of drug-likeness (QED) is 0.912. The van der Waals surface area contributed by atoms with E-state index < -0.39 is 0 Å². The number of fused-ring (bicyclic) bond motifs is 1. The van der Waals surface area contributed by atoms with E-state index in [1.807, 2.05) is 12.1 Å². The van der Waals surface area contributed by atoms with Crippen molar-refractivity contribution in [2.24, 2.45) is 0 Å². The Bertz CT molecular complexity index is 578. The Morgan fingerprint density at radius 1 is 1.16 bits per heavy atom. The molecule has 0 aliphatic rings. The molecule has 0 aliphatic heterocycles. The molecule has 1 amide bonds. The zero-order valence-corrected chi connectivity index (χ0v) is 11.7. The van der Waals surface area contributed by atoms with Crippen LogP contribution in [0.25, 0.3) is 10.8 Å². The van der Waals surface area contributed by atoms with E-state index in [1.165, 1.54) is 16.3 Å². The van der Waals surface area contributed by atoms with Gasteiger partial charge in [0.05, 0.1) is 6.54 Å². The molecule has 2 aromatic rings. The second kappa shape index (κ2) is 5.85. The lowest BCUT2D eigenvalue weighted by molar-refractivity contribution is -0.127. The highest BCUT2D eigenvalue weighted by Gasteiger charge is 2.09. The molecule has 0 saturated carbocycles. The van der Waals surface area contributed by atoms with E-state index in [-0.39, 0.29) is 11.9 Å². The van der Waals surface area contributed by atoms with Gasteiger partial charge in [0.15, 0.2) is 0 Å². The van der Waals surface area contributed by atoms with Gasteiger partial charge in [0.1, 0.15) is 0 Å². The van der Waals surface area contributed by atoms with Crippen LogP contribution in [0.3, 0.4) is 0 Å². The van der Waals surface area contributed by atoms with Gasteiger partial charge in [-0.15, -0.1) is 0 Å². The fraction of sp³-hybridized carbons (Fsp3) is 0.312. The van der Waals surface area contributed by atoms with Crippen LogP contribution in [0.15, 0.2) is 42.5 Å². The van der Waals surface area contributed by atoms with Crippen LogP contribution >= 0.6 is 0 Å². The summed E-state index contributed by atoms with van der Waals surface area (Å²) < 4.78 is 0. The standard InChI is InChI=1S/C16H20N2O/c1-12(17-11-16(19)18(2)3)14-9-8-13-6-4-5-7-15(13)10-14/h4-10,12,17H,11H2,1-3H3. The number of carbonyl (C=O) groups is 1. The lowest BCUT2D eigenvalue weighted by Crippen LogP contribution is -2.34. The lowest BCUT2D eigenvalue weighted by atomic mass is 10.0. The largest absolute Gasteiger partial charge is 0.348 e. The van der Waals surface area contributed by atoms with Crippen LogP contribution in [0.5, 0.6) is 0 Å². The molecule has 2 rings (SSSR count). The number of benzene rings is 2. The number of hydrogen-bond donors (Lipinski definition) is 1. The number of hydrogen-bond acceptors (Lipinski definition) is 2. The van der Waals surface area contributed by atoms with E-state index in [9.17, 15) is 4.79 Å². The molecule has 0 spiro atoms. The third kappa shape index (κ3) is 3.32. The van der Waals surface area contributed by atoms with Crippen LogP contribution in [0.1, 0.15) is 18.5 Å². The highest BCUT2D eigenvalue weighted by molar-refractivity contribution is 5.83. The number of carbonyl (C=O) groups excluding carboxylic acids is 1. The minimum Gasteiger partial charge on any atom is -0.348 e. The highest BCUT2D eigenvalue weighted by Crippen LogP contribution is 2.20. The summed E-state index contributed by atoms with van der Waals surface area (Å²) in [5, 5.41) is 5.72. The van der Waals surface area contributed by atoms with Crippen LogP contribution < -0.4 is 5.32 Å². The molecule has 1 atom stereocenters. The molecule has 100 valence electrons. The first-order chi connectivity index (χ1) is 9.08. The van der Waals surface area contributed by atoms with Gasteiger partial charge in [0.25, 0.3) is 0 Å². The maximum atomic E-state index is 11.6. The lowest BCUT2D eigenvalue weighted by Gasteiger charge is -2.16. The van der Waals surface area contributed by atoms with E-state index >= 15 is 0 Å². The second-order valence-corrected chi connectivity index (χ2v) is 5.00. The van der Waals surface area contributed by atoms with Gasteiger partial charge in [-0.2, -0.15) is 0 Å². The van der Waals surface area contributed by atoms with Gasteiger partial charge in [-0.25, -0.2) is 0 Å². The van der Waals surface area contributed by atoms with Gasteiger partial charge in [-0.05, 0) is 29.3 Å². The molecule has 0 aliphatic carbocycles. The summed E-state index contributed by atoms with van der Waals surface area (Å²) in [4.78, 5) is 13.2. The van der Waals surface area contributed by atoms with E-state index in [1.54, 1.807) is 19.0 Å². The highest BCUT2D eigenvalue weighted by atomic mass is 16.2. The van der Waals surface area contributed by atoms with E-state index in [0.29, 0.717) is 6.54 Å². The molecule has 1 unspecified atom stereocenters. The van der Waals surface area contributed by atoms with Gasteiger partial charge < -0.3 is 10.2 Å². The van der Waals surface area contributed by atoms with E-state index in [2.05, 4.69) is 42.6 Å². The fourth-order valence-electron chi connectivity index (χ4n) is 1.99. The zero-order chi connectivity index (χ0) is 13.8. The Morgan fingerprint density at radius 3 is 2.53 bits per heavy atom. The van der Waals surface area contributed by atoms with Crippen molar-refractivity contribution >= 4 is 16.7 Å². The van der Waals surface area contributed by atoms with Crippen LogP contribution in [0, 0.1) is 0 Å². The summed E-state index contributed by atoms with van der Waals surface area (Å²) in [6, 6.07) is 14.9. The van der Waals surface area contributed by atoms with Gasteiger partial charge in [-0.3, -0.25) is 4.79 Å². The zero-order valence-electron chi connectivity index (χ0n) is 11.7. The molecule has 2 aromatic carbocycles. The van der Waals surface area contributed by atoms with Gasteiger partial charge in [0.2, 0.25) is 5.91 Å². The van der Waals surface area contributed by atoms with Crippen molar-refractivity contribution in [3.05, 3.63) is 48.0 Å². The van der Waals surface area contributed by atoms with Crippen LogP contribution in [-0.2, 0) is 4.79 Å². The Labute approximate surface area is 114 Å². The molecular formula is C16H20N2O. The average molecular weight is 256 g/mol. The monoisotopic (exact) mass is 256 g/mol. The Morgan fingerprint density at radius 2 is 1.84 bits per heavy atom. The minimum atomic E-state index is 0.0904. The predicted molar refractivity (Wildman–Crippen MR) is 79.1 cm³/mol. The average Bonchev–Trinajstić information content (AvgIpc) is 2.43. The third-order valence-corrected chi connectivity index (χ3v) is 3.33. The number of likely N-dealkylation sites (N-methyl/N-ethyl adjacent to an activating group) is 1. The van der Waals surface area contributed by atoms with Crippen LogP contribution in [0.4, 0.5) is 0 Å². The molecule has 0 saturated heterocycles. The van der Waals surface area contributed by atoms with E-state index in [4.69, 9.17) is 0 Å². The van der Waals surface area contributed by atoms with Gasteiger partial charge in [-0.1, -0.05) is 36.4 Å². The van der Waals surface area contributed by atoms with Crippen molar-refractivity contribution in [2.75, 3.05) is 20.6 Å². The number of amides is 1. The summed E-state index contributed by atoms with van der Waals surface area (Å²) in [6.45, 7) is 2.44. The van der Waals surface area contributed by atoms with Crippen molar-refractivity contribution in [3.63, 3.8) is 0 Å². The van der Waals surface area contributed by atoms with Crippen molar-refractivity contribution < 1.29 is 4.79 Å². The second-order valence-electron chi connectivity index (χ2n) is 5.00. The van der Waals surface area contributed by atoms with Crippen LogP contribution in [0.2, 0.25) is 0 Å². The molecule has 3 nitrogen and oxygen atoms in total. The molecule has 0 aromatic heterocycles. The van der Waals surface area contributed by atoms with Crippen molar-refractivity contribution in [1.82, 2.24) is 10.2 Å². The van der Waals surface area contributed by atoms with Gasteiger partial charge in [0, 0.05) is 20.1 Å². The van der Waals surface area contributed by atoms with Crippen molar-refractivity contribution in [2.45, 2.75) is 13.0 Å². The Balaban J connectivity index is 2.08. The van der Waals surface area contributed by atoms with Crippen LogP contribution in [-0.4, -0.2) is 31.4 Å². The summed E-state index contributed by atoms with van der Waals surface area (Å²) in [6.07, 6.45) is 0. The SMILES string of the molecule is CC(NCC(=O)N(C)C)c1ccc2ccccc2c1. The Hall–Kier alpha value is -1.87. The number of rotatable bonds is 4. The third-order valence-electron chi connectivity index (χ3n) is 3.33. The normalized spacial score (nSPS) is 12.4.